The van der Waals surface area contributed by atoms with Crippen LogP contribution in [0.1, 0.15) is 30.0 Å². The number of fused-ring (bicyclic) bond motifs is 1. The van der Waals surface area contributed by atoms with Crippen molar-refractivity contribution in [3.63, 3.8) is 0 Å². The number of anilines is 1. The molecule has 2 N–H and O–H groups in total. The van der Waals surface area contributed by atoms with Gasteiger partial charge in [0.2, 0.25) is 0 Å². The lowest BCUT2D eigenvalue weighted by Gasteiger charge is -2.06. The van der Waals surface area contributed by atoms with Crippen LogP contribution in [0.4, 0.5) is 5.69 Å². The Morgan fingerprint density at radius 2 is 2.19 bits per heavy atom. The maximum absolute atomic E-state index is 12.8. The van der Waals surface area contributed by atoms with Crippen LogP contribution in [0.3, 0.4) is 0 Å². The molecule has 7 nitrogen and oxygen atoms in total. The monoisotopic (exact) mass is 378 g/mol. The van der Waals surface area contributed by atoms with Gasteiger partial charge in [-0.15, -0.1) is 0 Å². The Morgan fingerprint density at radius 3 is 3.04 bits per heavy atom. The highest BCUT2D eigenvalue weighted by Gasteiger charge is 2.24. The summed E-state index contributed by atoms with van der Waals surface area (Å²) in [6, 6.07) is 9.82. The van der Waals surface area contributed by atoms with E-state index in [1.807, 2.05) is 31.3 Å². The molecule has 1 atom stereocenters. The number of hydrogen-bond acceptors (Lipinski definition) is 4. The van der Waals surface area contributed by atoms with Gasteiger partial charge in [-0.25, -0.2) is 13.9 Å². The molecule has 1 aliphatic carbocycles. The van der Waals surface area contributed by atoms with Crippen LogP contribution in [-0.4, -0.2) is 29.2 Å². The van der Waals surface area contributed by atoms with Gasteiger partial charge in [0.25, 0.3) is 0 Å². The van der Waals surface area contributed by atoms with Crippen molar-refractivity contribution in [1.29, 1.82) is 0 Å². The van der Waals surface area contributed by atoms with Crippen LogP contribution in [0.2, 0.25) is 0 Å². The second-order valence-electron chi connectivity index (χ2n) is 6.76. The third-order valence-corrected chi connectivity index (χ3v) is 5.83. The van der Waals surface area contributed by atoms with Gasteiger partial charge in [0.1, 0.15) is 0 Å². The highest BCUT2D eigenvalue weighted by Crippen LogP contribution is 2.40. The van der Waals surface area contributed by atoms with E-state index >= 15 is 0 Å². The molecule has 0 bridgehead atoms. The van der Waals surface area contributed by atoms with E-state index < -0.39 is 11.0 Å². The Labute approximate surface area is 158 Å². The lowest BCUT2D eigenvalue weighted by molar-refractivity contribution is 0.686. The first-order valence-electron chi connectivity index (χ1n) is 8.82. The molecule has 1 saturated carbocycles. The van der Waals surface area contributed by atoms with E-state index in [4.69, 9.17) is 0 Å². The van der Waals surface area contributed by atoms with E-state index in [2.05, 4.69) is 37.1 Å². The van der Waals surface area contributed by atoms with Gasteiger partial charge < -0.3 is 4.72 Å². The molecular weight excluding hydrogens is 360 g/mol. The van der Waals surface area contributed by atoms with Gasteiger partial charge in [-0.05, 0) is 55.5 Å². The van der Waals surface area contributed by atoms with Gasteiger partial charge >= 0.3 is 0 Å². The number of aromatic amines is 1. The van der Waals surface area contributed by atoms with Gasteiger partial charge in [0, 0.05) is 17.3 Å². The van der Waals surface area contributed by atoms with Crippen molar-refractivity contribution in [3.8, 4) is 5.82 Å². The topological polar surface area (TPSA) is 88.5 Å². The number of benzene rings is 1. The Bertz CT molecular complexity index is 1160. The third kappa shape index (κ3) is 3.02. The fourth-order valence-electron chi connectivity index (χ4n) is 3.23. The van der Waals surface area contributed by atoms with Crippen LogP contribution in [0.5, 0.6) is 0 Å². The summed E-state index contributed by atoms with van der Waals surface area (Å²) in [6.07, 6.45) is 7.64. The minimum absolute atomic E-state index is 0.590. The van der Waals surface area contributed by atoms with Crippen LogP contribution < -0.4 is 4.72 Å². The molecule has 1 aromatic carbocycles. The zero-order valence-electron chi connectivity index (χ0n) is 14.7. The molecule has 3 heterocycles. The molecule has 3 aromatic heterocycles. The van der Waals surface area contributed by atoms with Crippen molar-refractivity contribution in [1.82, 2.24) is 25.0 Å². The molecule has 136 valence electrons. The van der Waals surface area contributed by atoms with Crippen LogP contribution in [0.25, 0.3) is 16.7 Å². The minimum atomic E-state index is -1.44. The summed E-state index contributed by atoms with van der Waals surface area (Å²) in [4.78, 5) is 4.98. The average Bonchev–Trinajstić information content (AvgIpc) is 3.29. The highest BCUT2D eigenvalue weighted by atomic mass is 32.2. The molecule has 1 unspecified atom stereocenters. The normalized spacial score (nSPS) is 15.1. The van der Waals surface area contributed by atoms with Gasteiger partial charge in [-0.1, -0.05) is 6.07 Å². The first-order valence-corrected chi connectivity index (χ1v) is 9.97. The van der Waals surface area contributed by atoms with Gasteiger partial charge in [0.15, 0.2) is 16.8 Å². The summed E-state index contributed by atoms with van der Waals surface area (Å²) in [7, 11) is -1.44. The quantitative estimate of drug-likeness (QED) is 0.557. The Kier molecular flexibility index (Phi) is 3.78. The molecule has 8 heteroatoms. The Morgan fingerprint density at radius 1 is 1.30 bits per heavy atom. The number of nitrogens with zero attached hydrogens (tertiary/aromatic N) is 4. The Hall–Kier alpha value is -3.00. The van der Waals surface area contributed by atoms with E-state index in [9.17, 15) is 4.21 Å². The first kappa shape index (κ1) is 16.2. The summed E-state index contributed by atoms with van der Waals surface area (Å²) in [5.74, 6) is 1.40. The van der Waals surface area contributed by atoms with Gasteiger partial charge in [-0.2, -0.15) is 10.2 Å². The lowest BCUT2D eigenvalue weighted by atomic mass is 10.2. The van der Waals surface area contributed by atoms with Crippen LogP contribution in [-0.2, 0) is 11.0 Å². The van der Waals surface area contributed by atoms with E-state index in [-0.39, 0.29) is 0 Å². The van der Waals surface area contributed by atoms with Crippen molar-refractivity contribution in [2.45, 2.75) is 30.6 Å². The number of aryl methyl sites for hydroxylation is 1. The first-order chi connectivity index (χ1) is 13.2. The average molecular weight is 378 g/mol. The zero-order valence-corrected chi connectivity index (χ0v) is 15.5. The molecular formula is C19H18N6OS. The van der Waals surface area contributed by atoms with Crippen molar-refractivity contribution in [2.75, 3.05) is 4.72 Å². The number of nitrogens with one attached hydrogen (secondary N) is 2. The van der Waals surface area contributed by atoms with Crippen molar-refractivity contribution in [3.05, 3.63) is 60.2 Å². The summed E-state index contributed by atoms with van der Waals surface area (Å²) in [5, 5.41) is 12.5. The summed E-state index contributed by atoms with van der Waals surface area (Å²) in [5.41, 5.74) is 3.84. The number of H-pyrrole nitrogens is 1. The van der Waals surface area contributed by atoms with Crippen molar-refractivity contribution in [2.24, 2.45) is 0 Å². The van der Waals surface area contributed by atoms with E-state index in [0.717, 1.165) is 28.1 Å². The van der Waals surface area contributed by atoms with Crippen LogP contribution >= 0.6 is 0 Å². The summed E-state index contributed by atoms with van der Waals surface area (Å²) >= 11 is 0. The molecule has 0 radical (unpaired) electrons. The second kappa shape index (κ2) is 6.31. The summed E-state index contributed by atoms with van der Waals surface area (Å²) in [6.45, 7) is 1.94. The molecule has 0 spiro atoms. The third-order valence-electron chi connectivity index (χ3n) is 4.79. The predicted molar refractivity (Wildman–Crippen MR) is 104 cm³/mol. The second-order valence-corrected chi connectivity index (χ2v) is 7.97. The van der Waals surface area contributed by atoms with Gasteiger partial charge in [0.05, 0.1) is 28.5 Å². The predicted octanol–water partition coefficient (Wildman–Crippen LogP) is 3.46. The standard InChI is InChI=1S/C19H18N6OS/c1-12-19-16(23-22-12)3-2-4-17(19)24-27(26)15-10-21-25(11-15)18-9-14(7-8-20-18)13-5-6-13/h2-4,7-11,13,24H,5-6H2,1H3,(H,22,23). The summed E-state index contributed by atoms with van der Waals surface area (Å²) < 4.78 is 17.6. The fourth-order valence-corrected chi connectivity index (χ4v) is 4.05. The zero-order chi connectivity index (χ0) is 18.4. The molecule has 4 aromatic rings. The van der Waals surface area contributed by atoms with Crippen molar-refractivity contribution < 1.29 is 4.21 Å². The minimum Gasteiger partial charge on any atom is -0.300 e. The van der Waals surface area contributed by atoms with Crippen LogP contribution in [0.15, 0.2) is 53.8 Å². The van der Waals surface area contributed by atoms with E-state index in [1.165, 1.54) is 18.4 Å². The van der Waals surface area contributed by atoms with E-state index in [0.29, 0.717) is 10.8 Å². The SMILES string of the molecule is Cc1[nH]nc2cccc(NS(=O)c3cnn(-c4cc(C5CC5)ccn4)c3)c12. The molecule has 27 heavy (non-hydrogen) atoms. The smallest absolute Gasteiger partial charge is 0.153 e. The molecule has 5 rings (SSSR count). The fraction of sp³-hybridized carbons (Fsp3) is 0.211. The number of aromatic nitrogens is 5. The number of pyridine rings is 1. The maximum Gasteiger partial charge on any atom is 0.153 e. The molecule has 1 fully saturated rings. The highest BCUT2D eigenvalue weighted by molar-refractivity contribution is 7.86. The van der Waals surface area contributed by atoms with Crippen molar-refractivity contribution >= 4 is 27.6 Å². The Balaban J connectivity index is 1.41. The molecule has 0 saturated heterocycles. The molecule has 1 aliphatic rings. The van der Waals surface area contributed by atoms with Crippen LogP contribution in [0, 0.1) is 6.92 Å². The number of hydrogen-bond donors (Lipinski definition) is 2. The van der Waals surface area contributed by atoms with E-state index in [1.54, 1.807) is 17.1 Å². The van der Waals surface area contributed by atoms with Gasteiger partial charge in [-0.3, -0.25) is 5.10 Å². The molecule has 0 amide bonds. The number of rotatable bonds is 5. The lowest BCUT2D eigenvalue weighted by Crippen LogP contribution is -2.04. The molecule has 0 aliphatic heterocycles. The maximum atomic E-state index is 12.8. The largest absolute Gasteiger partial charge is 0.300 e.